The second-order valence-corrected chi connectivity index (χ2v) is 4.54. The van der Waals surface area contributed by atoms with Gasteiger partial charge in [0.1, 0.15) is 12.4 Å². The van der Waals surface area contributed by atoms with Gasteiger partial charge in [0.2, 0.25) is 0 Å². The van der Waals surface area contributed by atoms with Crippen LogP contribution in [0.2, 0.25) is 0 Å². The SMILES string of the molecule is CCOC(=O)COCCN(C)C(C)c1ccccc1F. The third kappa shape index (κ3) is 5.27. The van der Waals surface area contributed by atoms with E-state index in [0.29, 0.717) is 25.3 Å². The van der Waals surface area contributed by atoms with Gasteiger partial charge in [-0.15, -0.1) is 0 Å². The maximum absolute atomic E-state index is 13.7. The lowest BCUT2D eigenvalue weighted by Crippen LogP contribution is -2.28. The number of esters is 1. The van der Waals surface area contributed by atoms with Crippen molar-refractivity contribution in [3.63, 3.8) is 0 Å². The molecule has 0 saturated heterocycles. The van der Waals surface area contributed by atoms with Crippen LogP contribution in [0.3, 0.4) is 0 Å². The Morgan fingerprint density at radius 3 is 2.75 bits per heavy atom. The molecule has 0 saturated carbocycles. The van der Waals surface area contributed by atoms with Gasteiger partial charge in [0.15, 0.2) is 0 Å². The summed E-state index contributed by atoms with van der Waals surface area (Å²) in [6.45, 7) is 5.00. The lowest BCUT2D eigenvalue weighted by molar-refractivity contribution is -0.148. The summed E-state index contributed by atoms with van der Waals surface area (Å²) in [5, 5.41) is 0. The van der Waals surface area contributed by atoms with Gasteiger partial charge >= 0.3 is 5.97 Å². The molecule has 0 aliphatic rings. The van der Waals surface area contributed by atoms with Crippen LogP contribution in [0.5, 0.6) is 0 Å². The van der Waals surface area contributed by atoms with Crippen LogP contribution in [0.4, 0.5) is 4.39 Å². The lowest BCUT2D eigenvalue weighted by atomic mass is 10.1. The number of nitrogens with zero attached hydrogens (tertiary/aromatic N) is 1. The minimum atomic E-state index is -0.364. The Hall–Kier alpha value is -1.46. The monoisotopic (exact) mass is 283 g/mol. The standard InChI is InChI=1S/C15H22FNO3/c1-4-20-15(18)11-19-10-9-17(3)12(2)13-7-5-6-8-14(13)16/h5-8,12H,4,9-11H2,1-3H3. The Labute approximate surface area is 119 Å². The van der Waals surface area contributed by atoms with Crippen LogP contribution in [0.1, 0.15) is 25.5 Å². The smallest absolute Gasteiger partial charge is 0.332 e. The number of halogens is 1. The van der Waals surface area contributed by atoms with E-state index < -0.39 is 0 Å². The number of rotatable bonds is 8. The highest BCUT2D eigenvalue weighted by atomic mass is 19.1. The van der Waals surface area contributed by atoms with Crippen molar-refractivity contribution in [3.05, 3.63) is 35.6 Å². The van der Waals surface area contributed by atoms with Gasteiger partial charge in [-0.1, -0.05) is 18.2 Å². The van der Waals surface area contributed by atoms with Crippen molar-refractivity contribution in [2.75, 3.05) is 33.4 Å². The first-order valence-electron chi connectivity index (χ1n) is 6.74. The van der Waals surface area contributed by atoms with E-state index in [2.05, 4.69) is 0 Å². The zero-order valence-electron chi connectivity index (χ0n) is 12.3. The molecule has 1 aromatic rings. The molecule has 0 aliphatic carbocycles. The number of hydrogen-bond acceptors (Lipinski definition) is 4. The minimum Gasteiger partial charge on any atom is -0.464 e. The maximum atomic E-state index is 13.7. The van der Waals surface area contributed by atoms with Gasteiger partial charge in [0, 0.05) is 18.2 Å². The minimum absolute atomic E-state index is 0.0459. The Morgan fingerprint density at radius 2 is 2.10 bits per heavy atom. The quantitative estimate of drug-likeness (QED) is 0.542. The van der Waals surface area contributed by atoms with Crippen LogP contribution >= 0.6 is 0 Å². The van der Waals surface area contributed by atoms with Crippen molar-refractivity contribution in [1.29, 1.82) is 0 Å². The molecule has 0 N–H and O–H groups in total. The summed E-state index contributed by atoms with van der Waals surface area (Å²) in [5.74, 6) is -0.573. The summed E-state index contributed by atoms with van der Waals surface area (Å²) in [5.41, 5.74) is 0.653. The van der Waals surface area contributed by atoms with E-state index in [1.165, 1.54) is 6.07 Å². The zero-order valence-corrected chi connectivity index (χ0v) is 12.3. The van der Waals surface area contributed by atoms with Crippen LogP contribution in [0.25, 0.3) is 0 Å². The molecule has 112 valence electrons. The van der Waals surface area contributed by atoms with Gasteiger partial charge in [-0.3, -0.25) is 4.90 Å². The summed E-state index contributed by atoms with van der Waals surface area (Å²) in [6, 6.07) is 6.67. The Kier molecular flexibility index (Phi) is 7.18. The molecule has 0 radical (unpaired) electrons. The van der Waals surface area contributed by atoms with E-state index in [1.807, 2.05) is 24.9 Å². The van der Waals surface area contributed by atoms with Crippen molar-refractivity contribution in [3.8, 4) is 0 Å². The summed E-state index contributed by atoms with van der Waals surface area (Å²) >= 11 is 0. The molecule has 0 aromatic heterocycles. The Balaban J connectivity index is 2.34. The van der Waals surface area contributed by atoms with Crippen molar-refractivity contribution >= 4 is 5.97 Å². The van der Waals surface area contributed by atoms with Gasteiger partial charge in [-0.2, -0.15) is 0 Å². The first-order valence-corrected chi connectivity index (χ1v) is 6.74. The van der Waals surface area contributed by atoms with E-state index >= 15 is 0 Å². The van der Waals surface area contributed by atoms with Crippen molar-refractivity contribution < 1.29 is 18.7 Å². The Bertz CT molecular complexity index is 425. The second-order valence-electron chi connectivity index (χ2n) is 4.54. The van der Waals surface area contributed by atoms with E-state index in [0.717, 1.165) is 0 Å². The van der Waals surface area contributed by atoms with E-state index in [1.54, 1.807) is 19.1 Å². The molecule has 0 aliphatic heterocycles. The molecule has 0 bridgehead atoms. The summed E-state index contributed by atoms with van der Waals surface area (Å²) in [6.07, 6.45) is 0. The average Bonchev–Trinajstić information content (AvgIpc) is 2.43. The number of benzene rings is 1. The van der Waals surface area contributed by atoms with Crippen LogP contribution in [-0.2, 0) is 14.3 Å². The number of carbonyl (C=O) groups is 1. The fourth-order valence-corrected chi connectivity index (χ4v) is 1.81. The van der Waals surface area contributed by atoms with Crippen molar-refractivity contribution in [2.24, 2.45) is 0 Å². The normalized spacial score (nSPS) is 12.4. The number of carbonyl (C=O) groups excluding carboxylic acids is 1. The number of hydrogen-bond donors (Lipinski definition) is 0. The molecule has 1 atom stereocenters. The topological polar surface area (TPSA) is 38.8 Å². The molecule has 0 amide bonds. The molecular formula is C15H22FNO3. The van der Waals surface area contributed by atoms with Crippen molar-refractivity contribution in [2.45, 2.75) is 19.9 Å². The maximum Gasteiger partial charge on any atom is 0.332 e. The molecule has 0 fully saturated rings. The number of ether oxygens (including phenoxy) is 2. The fourth-order valence-electron chi connectivity index (χ4n) is 1.81. The molecule has 5 heteroatoms. The van der Waals surface area contributed by atoms with Crippen LogP contribution in [0, 0.1) is 5.82 Å². The predicted molar refractivity (Wildman–Crippen MR) is 74.9 cm³/mol. The summed E-state index contributed by atoms with van der Waals surface area (Å²) in [7, 11) is 1.89. The molecule has 4 nitrogen and oxygen atoms in total. The van der Waals surface area contributed by atoms with Crippen molar-refractivity contribution in [1.82, 2.24) is 4.90 Å². The van der Waals surface area contributed by atoms with Crippen LogP contribution in [-0.4, -0.2) is 44.3 Å². The second kappa shape index (κ2) is 8.66. The summed E-state index contributed by atoms with van der Waals surface area (Å²) < 4.78 is 23.6. The molecule has 1 aromatic carbocycles. The van der Waals surface area contributed by atoms with Gasteiger partial charge in [-0.25, -0.2) is 9.18 Å². The largest absolute Gasteiger partial charge is 0.464 e. The molecule has 0 spiro atoms. The molecule has 1 unspecified atom stereocenters. The van der Waals surface area contributed by atoms with E-state index in [9.17, 15) is 9.18 Å². The molecule has 0 heterocycles. The molecule has 20 heavy (non-hydrogen) atoms. The highest BCUT2D eigenvalue weighted by molar-refractivity contribution is 5.70. The molecule has 1 rings (SSSR count). The molecular weight excluding hydrogens is 261 g/mol. The van der Waals surface area contributed by atoms with Gasteiger partial charge in [-0.05, 0) is 27.0 Å². The summed E-state index contributed by atoms with van der Waals surface area (Å²) in [4.78, 5) is 13.1. The van der Waals surface area contributed by atoms with Gasteiger partial charge in [0.25, 0.3) is 0 Å². The van der Waals surface area contributed by atoms with Crippen LogP contribution in [0.15, 0.2) is 24.3 Å². The predicted octanol–water partition coefficient (Wildman–Crippen LogP) is 2.40. The van der Waals surface area contributed by atoms with E-state index in [4.69, 9.17) is 9.47 Å². The Morgan fingerprint density at radius 1 is 1.40 bits per heavy atom. The first kappa shape index (κ1) is 16.6. The number of likely N-dealkylation sites (N-methyl/N-ethyl adjacent to an activating group) is 1. The van der Waals surface area contributed by atoms with Gasteiger partial charge in [0.05, 0.1) is 13.2 Å². The highest BCUT2D eigenvalue weighted by Crippen LogP contribution is 2.20. The van der Waals surface area contributed by atoms with Gasteiger partial charge < -0.3 is 9.47 Å². The van der Waals surface area contributed by atoms with Crippen LogP contribution < -0.4 is 0 Å². The lowest BCUT2D eigenvalue weighted by Gasteiger charge is -2.25. The third-order valence-corrected chi connectivity index (χ3v) is 3.13. The van der Waals surface area contributed by atoms with E-state index in [-0.39, 0.29) is 24.4 Å². The average molecular weight is 283 g/mol. The highest BCUT2D eigenvalue weighted by Gasteiger charge is 2.15. The third-order valence-electron chi connectivity index (χ3n) is 3.13. The first-order chi connectivity index (χ1) is 9.56. The zero-order chi connectivity index (χ0) is 15.0. The fraction of sp³-hybridized carbons (Fsp3) is 0.533.